The summed E-state index contributed by atoms with van der Waals surface area (Å²) in [5.74, 6) is -0.758. The number of carbonyl (C=O) groups is 2. The van der Waals surface area contributed by atoms with Gasteiger partial charge in [0.05, 0.1) is 11.7 Å². The second-order valence-electron chi connectivity index (χ2n) is 5.48. The Hall–Kier alpha value is -1.85. The smallest absolute Gasteiger partial charge is 0.303 e. The number of aryl methyl sites for hydroxylation is 2. The van der Waals surface area contributed by atoms with Gasteiger partial charge in [-0.05, 0) is 39.7 Å². The van der Waals surface area contributed by atoms with Crippen LogP contribution in [0.1, 0.15) is 56.5 Å². The van der Waals surface area contributed by atoms with Gasteiger partial charge in [0.2, 0.25) is 5.91 Å². The van der Waals surface area contributed by atoms with E-state index >= 15 is 0 Å². The molecule has 21 heavy (non-hydrogen) atoms. The summed E-state index contributed by atoms with van der Waals surface area (Å²) in [6.45, 7) is 6.50. The number of nitrogens with one attached hydrogen (secondary N) is 1. The molecule has 0 aromatic carbocycles. The zero-order valence-corrected chi connectivity index (χ0v) is 13.1. The molecule has 1 aromatic heterocycles. The second-order valence-corrected chi connectivity index (χ2v) is 5.48. The summed E-state index contributed by atoms with van der Waals surface area (Å²) in [6, 6.07) is 2.03. The molecule has 2 N–H and O–H groups in total. The van der Waals surface area contributed by atoms with Gasteiger partial charge in [-0.25, -0.2) is 0 Å². The Morgan fingerprint density at radius 3 is 2.62 bits per heavy atom. The summed E-state index contributed by atoms with van der Waals surface area (Å²) in [5.41, 5.74) is 2.01. The zero-order valence-electron chi connectivity index (χ0n) is 13.1. The van der Waals surface area contributed by atoms with E-state index in [9.17, 15) is 9.59 Å². The molecule has 0 saturated carbocycles. The Balaban J connectivity index is 2.21. The molecule has 0 aliphatic rings. The van der Waals surface area contributed by atoms with E-state index in [1.54, 1.807) is 0 Å². The van der Waals surface area contributed by atoms with Crippen molar-refractivity contribution in [1.82, 2.24) is 15.1 Å². The summed E-state index contributed by atoms with van der Waals surface area (Å²) in [7, 11) is 0. The number of nitrogens with zero attached hydrogens (tertiary/aromatic N) is 2. The average molecular weight is 295 g/mol. The molecule has 118 valence electrons. The first-order valence-corrected chi connectivity index (χ1v) is 7.41. The Morgan fingerprint density at radius 2 is 2.05 bits per heavy atom. The van der Waals surface area contributed by atoms with Crippen LogP contribution in [-0.4, -0.2) is 33.3 Å². The Bertz CT molecular complexity index is 483. The van der Waals surface area contributed by atoms with Crippen LogP contribution in [0.25, 0.3) is 0 Å². The number of rotatable bonds is 9. The summed E-state index contributed by atoms with van der Waals surface area (Å²) in [4.78, 5) is 22.2. The number of carboxylic acid groups (broad SMARTS) is 1. The maximum absolute atomic E-state index is 11.8. The zero-order chi connectivity index (χ0) is 15.8. The van der Waals surface area contributed by atoms with Gasteiger partial charge < -0.3 is 10.4 Å². The topological polar surface area (TPSA) is 84.2 Å². The van der Waals surface area contributed by atoms with Crippen molar-refractivity contribution in [1.29, 1.82) is 0 Å². The van der Waals surface area contributed by atoms with Crippen molar-refractivity contribution in [2.45, 2.75) is 58.9 Å². The molecule has 1 heterocycles. The molecule has 1 atom stereocenters. The highest BCUT2D eigenvalue weighted by molar-refractivity contribution is 5.76. The Kier molecular flexibility index (Phi) is 6.91. The third kappa shape index (κ3) is 6.42. The number of carbonyl (C=O) groups excluding carboxylic acids is 1. The van der Waals surface area contributed by atoms with Crippen molar-refractivity contribution in [3.05, 3.63) is 17.5 Å². The molecular formula is C15H25N3O3. The molecule has 1 aromatic rings. The van der Waals surface area contributed by atoms with E-state index in [-0.39, 0.29) is 18.4 Å². The van der Waals surface area contributed by atoms with E-state index in [4.69, 9.17) is 5.11 Å². The molecule has 1 rings (SSSR count). The maximum atomic E-state index is 11.8. The van der Waals surface area contributed by atoms with Gasteiger partial charge >= 0.3 is 5.97 Å². The minimum Gasteiger partial charge on any atom is -0.481 e. The average Bonchev–Trinajstić information content (AvgIpc) is 2.72. The Morgan fingerprint density at radius 1 is 1.33 bits per heavy atom. The molecule has 0 saturated heterocycles. The largest absolute Gasteiger partial charge is 0.481 e. The van der Waals surface area contributed by atoms with E-state index in [1.807, 2.05) is 31.5 Å². The lowest BCUT2D eigenvalue weighted by molar-refractivity contribution is -0.137. The van der Waals surface area contributed by atoms with Crippen LogP contribution >= 0.6 is 0 Å². The summed E-state index contributed by atoms with van der Waals surface area (Å²) in [6.07, 6.45) is 2.89. The first-order chi connectivity index (χ1) is 9.90. The predicted molar refractivity (Wildman–Crippen MR) is 80.1 cm³/mol. The molecule has 1 unspecified atom stereocenters. The van der Waals surface area contributed by atoms with Gasteiger partial charge in [0, 0.05) is 25.1 Å². The van der Waals surface area contributed by atoms with Gasteiger partial charge in [0.1, 0.15) is 0 Å². The molecule has 0 bridgehead atoms. The lowest BCUT2D eigenvalue weighted by atomic mass is 10.2. The molecule has 0 fully saturated rings. The molecule has 6 heteroatoms. The number of aliphatic carboxylic acids is 1. The lowest BCUT2D eigenvalue weighted by Crippen LogP contribution is -2.27. The van der Waals surface area contributed by atoms with Crippen LogP contribution in [0.5, 0.6) is 0 Å². The fraction of sp³-hybridized carbons (Fsp3) is 0.667. The molecule has 6 nitrogen and oxygen atoms in total. The van der Waals surface area contributed by atoms with E-state index < -0.39 is 5.97 Å². The van der Waals surface area contributed by atoms with Gasteiger partial charge in [-0.1, -0.05) is 6.42 Å². The van der Waals surface area contributed by atoms with Crippen molar-refractivity contribution in [2.24, 2.45) is 0 Å². The minimum absolute atomic E-state index is 0.00767. The third-order valence-corrected chi connectivity index (χ3v) is 3.33. The predicted octanol–water partition coefficient (Wildman–Crippen LogP) is 2.21. The quantitative estimate of drug-likeness (QED) is 0.684. The highest BCUT2D eigenvalue weighted by atomic mass is 16.4. The van der Waals surface area contributed by atoms with Crippen LogP contribution in [0, 0.1) is 13.8 Å². The molecular weight excluding hydrogens is 270 g/mol. The van der Waals surface area contributed by atoms with Crippen LogP contribution in [0.2, 0.25) is 0 Å². The van der Waals surface area contributed by atoms with Crippen LogP contribution in [0.4, 0.5) is 0 Å². The number of hydrogen-bond donors (Lipinski definition) is 2. The molecule has 1 amide bonds. The third-order valence-electron chi connectivity index (χ3n) is 3.33. The first kappa shape index (κ1) is 17.2. The number of amides is 1. The molecule has 0 spiro atoms. The lowest BCUT2D eigenvalue weighted by Gasteiger charge is -2.14. The minimum atomic E-state index is -0.766. The molecule has 0 aliphatic heterocycles. The van der Waals surface area contributed by atoms with E-state index in [2.05, 4.69) is 10.4 Å². The highest BCUT2D eigenvalue weighted by Gasteiger charge is 2.13. The van der Waals surface area contributed by atoms with E-state index in [0.717, 1.165) is 24.2 Å². The van der Waals surface area contributed by atoms with Gasteiger partial charge in [-0.15, -0.1) is 0 Å². The molecule has 0 radical (unpaired) electrons. The SMILES string of the molecule is Cc1cc(C)n(C(C)CC(=O)NCCCCCC(=O)O)n1. The van der Waals surface area contributed by atoms with Crippen LogP contribution in [0.15, 0.2) is 6.07 Å². The summed E-state index contributed by atoms with van der Waals surface area (Å²) in [5, 5.41) is 15.8. The number of hydrogen-bond acceptors (Lipinski definition) is 3. The van der Waals surface area contributed by atoms with Gasteiger partial charge in [0.15, 0.2) is 0 Å². The summed E-state index contributed by atoms with van der Waals surface area (Å²) >= 11 is 0. The van der Waals surface area contributed by atoms with Crippen molar-refractivity contribution in [3.8, 4) is 0 Å². The fourth-order valence-corrected chi connectivity index (χ4v) is 2.33. The van der Waals surface area contributed by atoms with Crippen LogP contribution < -0.4 is 5.32 Å². The number of aromatic nitrogens is 2. The second kappa shape index (κ2) is 8.44. The number of unbranched alkanes of at least 4 members (excludes halogenated alkanes) is 2. The van der Waals surface area contributed by atoms with Gasteiger partial charge in [-0.2, -0.15) is 5.10 Å². The number of carboxylic acids is 1. The van der Waals surface area contributed by atoms with Crippen molar-refractivity contribution in [2.75, 3.05) is 6.54 Å². The van der Waals surface area contributed by atoms with Crippen molar-refractivity contribution < 1.29 is 14.7 Å². The normalized spacial score (nSPS) is 12.1. The van der Waals surface area contributed by atoms with E-state index in [0.29, 0.717) is 19.4 Å². The van der Waals surface area contributed by atoms with Crippen LogP contribution in [-0.2, 0) is 9.59 Å². The highest BCUT2D eigenvalue weighted by Crippen LogP contribution is 2.13. The Labute approximate surface area is 125 Å². The van der Waals surface area contributed by atoms with Crippen molar-refractivity contribution in [3.63, 3.8) is 0 Å². The van der Waals surface area contributed by atoms with Gasteiger partial charge in [-0.3, -0.25) is 14.3 Å². The monoisotopic (exact) mass is 295 g/mol. The van der Waals surface area contributed by atoms with Crippen LogP contribution in [0.3, 0.4) is 0 Å². The van der Waals surface area contributed by atoms with Crippen molar-refractivity contribution >= 4 is 11.9 Å². The standard InChI is InChI=1S/C15H25N3O3/c1-11-9-12(2)18(17-11)13(3)10-14(19)16-8-6-4-5-7-15(20)21/h9,13H,4-8,10H2,1-3H3,(H,16,19)(H,20,21). The summed E-state index contributed by atoms with van der Waals surface area (Å²) < 4.78 is 1.88. The maximum Gasteiger partial charge on any atom is 0.303 e. The fourth-order valence-electron chi connectivity index (χ4n) is 2.33. The van der Waals surface area contributed by atoms with Gasteiger partial charge in [0.25, 0.3) is 0 Å². The van der Waals surface area contributed by atoms with E-state index in [1.165, 1.54) is 0 Å². The first-order valence-electron chi connectivity index (χ1n) is 7.41. The molecule has 0 aliphatic carbocycles.